The number of carboxylic acids is 1. The molecule has 1 aliphatic heterocycles. The zero-order chi connectivity index (χ0) is 13.0. The van der Waals surface area contributed by atoms with E-state index in [0.717, 1.165) is 18.0 Å². The van der Waals surface area contributed by atoms with Gasteiger partial charge in [-0.3, -0.25) is 0 Å². The number of nitrogens with one attached hydrogen (secondary N) is 1. The van der Waals surface area contributed by atoms with Crippen molar-refractivity contribution in [3.63, 3.8) is 0 Å². The average molecular weight is 250 g/mol. The van der Waals surface area contributed by atoms with E-state index in [2.05, 4.69) is 5.32 Å². The standard InChI is InChI=1S/C13H18N2O3/c1-2-18-12-6-4-3-5-10(12)15-8-7-14-9-11(15)13(16)17/h3-6,11,14H,2,7-9H2,1H3,(H,16,17). The molecule has 1 aliphatic rings. The lowest BCUT2D eigenvalue weighted by Crippen LogP contribution is -2.55. The highest BCUT2D eigenvalue weighted by Crippen LogP contribution is 2.30. The summed E-state index contributed by atoms with van der Waals surface area (Å²) in [7, 11) is 0. The third kappa shape index (κ3) is 2.56. The molecular formula is C13H18N2O3. The van der Waals surface area contributed by atoms with Gasteiger partial charge >= 0.3 is 5.97 Å². The first-order chi connectivity index (χ1) is 8.74. The van der Waals surface area contributed by atoms with Gasteiger partial charge in [-0.15, -0.1) is 0 Å². The Hall–Kier alpha value is -1.75. The summed E-state index contributed by atoms with van der Waals surface area (Å²) in [4.78, 5) is 13.2. The normalized spacial score (nSPS) is 19.6. The monoisotopic (exact) mass is 250 g/mol. The van der Waals surface area contributed by atoms with Crippen LogP contribution in [0.15, 0.2) is 24.3 Å². The van der Waals surface area contributed by atoms with Crippen LogP contribution in [0.25, 0.3) is 0 Å². The molecule has 0 spiro atoms. The van der Waals surface area contributed by atoms with Crippen LogP contribution >= 0.6 is 0 Å². The SMILES string of the molecule is CCOc1ccccc1N1CCNCC1C(=O)O. The first-order valence-electron chi connectivity index (χ1n) is 6.16. The van der Waals surface area contributed by atoms with Crippen LogP contribution in [0.2, 0.25) is 0 Å². The van der Waals surface area contributed by atoms with Crippen molar-refractivity contribution in [2.24, 2.45) is 0 Å². The predicted molar refractivity (Wildman–Crippen MR) is 69.3 cm³/mol. The Morgan fingerprint density at radius 2 is 2.33 bits per heavy atom. The smallest absolute Gasteiger partial charge is 0.327 e. The molecule has 0 amide bonds. The predicted octanol–water partition coefficient (Wildman–Crippen LogP) is 0.948. The van der Waals surface area contributed by atoms with Crippen LogP contribution in [-0.2, 0) is 4.79 Å². The molecule has 0 aliphatic carbocycles. The number of anilines is 1. The van der Waals surface area contributed by atoms with Crippen LogP contribution in [-0.4, -0.2) is 43.4 Å². The fourth-order valence-electron chi connectivity index (χ4n) is 2.19. The minimum absolute atomic E-state index is 0.454. The molecule has 5 nitrogen and oxygen atoms in total. The van der Waals surface area contributed by atoms with Gasteiger partial charge in [-0.1, -0.05) is 12.1 Å². The van der Waals surface area contributed by atoms with E-state index in [4.69, 9.17) is 4.74 Å². The second-order valence-corrected chi connectivity index (χ2v) is 4.15. The zero-order valence-corrected chi connectivity index (χ0v) is 10.4. The summed E-state index contributed by atoms with van der Waals surface area (Å²) >= 11 is 0. The maximum Gasteiger partial charge on any atom is 0.327 e. The summed E-state index contributed by atoms with van der Waals surface area (Å²) in [6, 6.07) is 7.04. The Balaban J connectivity index is 2.30. The lowest BCUT2D eigenvalue weighted by molar-refractivity contribution is -0.138. The van der Waals surface area contributed by atoms with E-state index >= 15 is 0 Å². The van der Waals surface area contributed by atoms with Crippen molar-refractivity contribution in [1.82, 2.24) is 5.32 Å². The van der Waals surface area contributed by atoms with Crippen molar-refractivity contribution in [3.05, 3.63) is 24.3 Å². The van der Waals surface area contributed by atoms with Gasteiger partial charge < -0.3 is 20.1 Å². The molecule has 0 saturated carbocycles. The number of para-hydroxylation sites is 2. The Kier molecular flexibility index (Phi) is 4.04. The molecule has 1 aromatic carbocycles. The Labute approximate surface area is 106 Å². The maximum atomic E-state index is 11.3. The molecule has 0 aromatic heterocycles. The number of hydrogen-bond donors (Lipinski definition) is 2. The molecule has 2 N–H and O–H groups in total. The highest BCUT2D eigenvalue weighted by Gasteiger charge is 2.29. The van der Waals surface area contributed by atoms with Crippen molar-refractivity contribution in [1.29, 1.82) is 0 Å². The van der Waals surface area contributed by atoms with Gasteiger partial charge in [0.05, 0.1) is 12.3 Å². The van der Waals surface area contributed by atoms with Gasteiger partial charge in [0.25, 0.3) is 0 Å². The van der Waals surface area contributed by atoms with E-state index in [1.807, 2.05) is 36.1 Å². The molecule has 2 rings (SSSR count). The fourth-order valence-corrected chi connectivity index (χ4v) is 2.19. The minimum atomic E-state index is -0.812. The number of benzene rings is 1. The Bertz CT molecular complexity index is 422. The molecule has 1 saturated heterocycles. The molecule has 1 atom stereocenters. The van der Waals surface area contributed by atoms with Crippen LogP contribution in [0.4, 0.5) is 5.69 Å². The molecule has 0 radical (unpaired) electrons. The third-order valence-corrected chi connectivity index (χ3v) is 3.00. The number of carboxylic acid groups (broad SMARTS) is 1. The van der Waals surface area contributed by atoms with Gasteiger partial charge in [0.2, 0.25) is 0 Å². The third-order valence-electron chi connectivity index (χ3n) is 3.00. The van der Waals surface area contributed by atoms with E-state index < -0.39 is 12.0 Å². The number of ether oxygens (including phenoxy) is 1. The van der Waals surface area contributed by atoms with Gasteiger partial charge in [0.15, 0.2) is 0 Å². The van der Waals surface area contributed by atoms with Crippen LogP contribution in [0.3, 0.4) is 0 Å². The summed E-state index contributed by atoms with van der Waals surface area (Å²) in [5.41, 5.74) is 0.855. The topological polar surface area (TPSA) is 61.8 Å². The van der Waals surface area contributed by atoms with E-state index in [0.29, 0.717) is 19.7 Å². The van der Waals surface area contributed by atoms with Gasteiger partial charge in [-0.05, 0) is 19.1 Å². The lowest BCUT2D eigenvalue weighted by Gasteiger charge is -2.36. The molecule has 98 valence electrons. The second-order valence-electron chi connectivity index (χ2n) is 4.15. The first kappa shape index (κ1) is 12.7. The Morgan fingerprint density at radius 3 is 3.06 bits per heavy atom. The number of hydrogen-bond acceptors (Lipinski definition) is 4. The summed E-state index contributed by atoms with van der Waals surface area (Å²) in [5, 5.41) is 12.4. The van der Waals surface area contributed by atoms with Gasteiger partial charge in [0.1, 0.15) is 11.8 Å². The highest BCUT2D eigenvalue weighted by atomic mass is 16.5. The quantitative estimate of drug-likeness (QED) is 0.833. The van der Waals surface area contributed by atoms with Crippen LogP contribution < -0.4 is 15.0 Å². The molecular weight excluding hydrogens is 232 g/mol. The number of nitrogens with zero attached hydrogens (tertiary/aromatic N) is 1. The van der Waals surface area contributed by atoms with Crippen molar-refractivity contribution >= 4 is 11.7 Å². The number of carbonyl (C=O) groups is 1. The molecule has 1 aromatic rings. The maximum absolute atomic E-state index is 11.3. The zero-order valence-electron chi connectivity index (χ0n) is 10.4. The Morgan fingerprint density at radius 1 is 1.56 bits per heavy atom. The lowest BCUT2D eigenvalue weighted by atomic mass is 10.1. The van der Waals surface area contributed by atoms with Crippen molar-refractivity contribution < 1.29 is 14.6 Å². The molecule has 1 fully saturated rings. The summed E-state index contributed by atoms with van der Waals surface area (Å²) in [6.07, 6.45) is 0. The van der Waals surface area contributed by atoms with Crippen LogP contribution in [0.1, 0.15) is 6.92 Å². The van der Waals surface area contributed by atoms with E-state index in [1.165, 1.54) is 0 Å². The number of piperazine rings is 1. The summed E-state index contributed by atoms with van der Waals surface area (Å²) in [5.74, 6) is -0.0679. The largest absolute Gasteiger partial charge is 0.492 e. The molecule has 0 bridgehead atoms. The molecule has 5 heteroatoms. The average Bonchev–Trinajstić information content (AvgIpc) is 2.40. The van der Waals surface area contributed by atoms with Gasteiger partial charge in [-0.25, -0.2) is 4.79 Å². The minimum Gasteiger partial charge on any atom is -0.492 e. The van der Waals surface area contributed by atoms with E-state index in [1.54, 1.807) is 0 Å². The summed E-state index contributed by atoms with van der Waals surface area (Å²) in [6.45, 7) is 4.39. The second kappa shape index (κ2) is 5.73. The number of rotatable bonds is 4. The molecule has 1 unspecified atom stereocenters. The van der Waals surface area contributed by atoms with Crippen molar-refractivity contribution in [3.8, 4) is 5.75 Å². The van der Waals surface area contributed by atoms with E-state index in [9.17, 15) is 9.90 Å². The van der Waals surface area contributed by atoms with Gasteiger partial charge in [-0.2, -0.15) is 0 Å². The highest BCUT2D eigenvalue weighted by molar-refractivity contribution is 5.80. The van der Waals surface area contributed by atoms with Crippen molar-refractivity contribution in [2.45, 2.75) is 13.0 Å². The van der Waals surface area contributed by atoms with Crippen molar-refractivity contribution in [2.75, 3.05) is 31.1 Å². The van der Waals surface area contributed by atoms with E-state index in [-0.39, 0.29) is 0 Å². The van der Waals surface area contributed by atoms with Crippen LogP contribution in [0, 0.1) is 0 Å². The van der Waals surface area contributed by atoms with Gasteiger partial charge in [0, 0.05) is 19.6 Å². The summed E-state index contributed by atoms with van der Waals surface area (Å²) < 4.78 is 5.56. The molecule has 1 heterocycles. The molecule has 18 heavy (non-hydrogen) atoms. The fraction of sp³-hybridized carbons (Fsp3) is 0.462. The first-order valence-corrected chi connectivity index (χ1v) is 6.16. The number of aliphatic carboxylic acids is 1. The van der Waals surface area contributed by atoms with Crippen LogP contribution in [0.5, 0.6) is 5.75 Å².